The molecule has 1 fully saturated rings. The minimum absolute atomic E-state index is 0.0691. The van der Waals surface area contributed by atoms with E-state index in [0.29, 0.717) is 17.1 Å². The van der Waals surface area contributed by atoms with Crippen LogP contribution in [0.5, 0.6) is 5.75 Å². The highest BCUT2D eigenvalue weighted by Gasteiger charge is 2.29. The first-order valence-electron chi connectivity index (χ1n) is 7.54. The number of aryl methyl sites for hydroxylation is 2. The molecule has 0 unspecified atom stereocenters. The maximum absolute atomic E-state index is 12.5. The maximum atomic E-state index is 12.5. The lowest BCUT2D eigenvalue weighted by Gasteiger charge is -2.25. The van der Waals surface area contributed by atoms with Gasteiger partial charge in [0.25, 0.3) is 0 Å². The van der Waals surface area contributed by atoms with Crippen LogP contribution in [0.2, 0.25) is 0 Å². The van der Waals surface area contributed by atoms with Crippen molar-refractivity contribution >= 4 is 5.78 Å². The van der Waals surface area contributed by atoms with Gasteiger partial charge in [-0.15, -0.1) is 0 Å². The summed E-state index contributed by atoms with van der Waals surface area (Å²) in [5.74, 6) is 1.14. The molecule has 22 heavy (non-hydrogen) atoms. The zero-order valence-corrected chi connectivity index (χ0v) is 13.6. The molecule has 4 heteroatoms. The van der Waals surface area contributed by atoms with Crippen LogP contribution < -0.4 is 4.74 Å². The number of ketones is 1. The largest absolute Gasteiger partial charge is 0.452 e. The van der Waals surface area contributed by atoms with Crippen molar-refractivity contribution in [2.75, 3.05) is 14.1 Å². The quantitative estimate of drug-likeness (QED) is 0.618. The zero-order chi connectivity index (χ0) is 16.3. The lowest BCUT2D eigenvalue weighted by molar-refractivity contribution is -0.123. The maximum Gasteiger partial charge on any atom is 0.202 e. The van der Waals surface area contributed by atoms with Gasteiger partial charge in [-0.1, -0.05) is 6.42 Å². The van der Waals surface area contributed by atoms with Crippen molar-refractivity contribution in [1.82, 2.24) is 4.90 Å². The van der Waals surface area contributed by atoms with E-state index >= 15 is 0 Å². The molecule has 1 saturated carbocycles. The Balaban J connectivity index is 2.28. The number of nitriles is 1. The molecule has 0 saturated heterocycles. The average Bonchev–Trinajstić information content (AvgIpc) is 2.35. The Bertz CT molecular complexity index is 627. The summed E-state index contributed by atoms with van der Waals surface area (Å²) >= 11 is 0. The van der Waals surface area contributed by atoms with Crippen molar-refractivity contribution in [2.24, 2.45) is 5.92 Å². The van der Waals surface area contributed by atoms with Crippen molar-refractivity contribution in [3.63, 3.8) is 0 Å². The molecule has 0 atom stereocenters. The zero-order valence-electron chi connectivity index (χ0n) is 13.6. The van der Waals surface area contributed by atoms with E-state index in [1.165, 1.54) is 0 Å². The molecule has 0 heterocycles. The van der Waals surface area contributed by atoms with E-state index in [2.05, 4.69) is 6.07 Å². The highest BCUT2D eigenvalue weighted by molar-refractivity contribution is 5.96. The summed E-state index contributed by atoms with van der Waals surface area (Å²) < 4.78 is 5.87. The van der Waals surface area contributed by atoms with Crippen molar-refractivity contribution in [2.45, 2.75) is 33.1 Å². The number of hydrogen-bond acceptors (Lipinski definition) is 4. The van der Waals surface area contributed by atoms with Gasteiger partial charge in [0.2, 0.25) is 5.78 Å². The number of rotatable bonds is 5. The Morgan fingerprint density at radius 2 is 1.91 bits per heavy atom. The lowest BCUT2D eigenvalue weighted by atomic mass is 9.81. The number of carbonyl (C=O) groups excluding carboxylic acids is 1. The number of allylic oxidation sites excluding steroid dienone is 1. The van der Waals surface area contributed by atoms with Crippen LogP contribution in [0.3, 0.4) is 0 Å². The second-order valence-electron chi connectivity index (χ2n) is 6.09. The van der Waals surface area contributed by atoms with Gasteiger partial charge in [0.05, 0.1) is 11.6 Å². The molecule has 1 aliphatic carbocycles. The fourth-order valence-corrected chi connectivity index (χ4v) is 2.53. The topological polar surface area (TPSA) is 53.3 Å². The molecule has 116 valence electrons. The van der Waals surface area contributed by atoms with Crippen molar-refractivity contribution in [1.29, 1.82) is 5.26 Å². The van der Waals surface area contributed by atoms with E-state index in [0.717, 1.165) is 30.4 Å². The standard InChI is InChI=1S/C18H22N2O2/c1-12-8-15(9-13(2)16(12)10-19)22-17(11-20(3)4)18(21)14-6-5-7-14/h8-9,11,14H,5-7H2,1-4H3/b17-11+. The van der Waals surface area contributed by atoms with E-state index in [-0.39, 0.29) is 11.7 Å². The molecule has 0 spiro atoms. The number of benzene rings is 1. The predicted octanol–water partition coefficient (Wildman–Crippen LogP) is 3.33. The van der Waals surface area contributed by atoms with Crippen LogP contribution in [0.4, 0.5) is 0 Å². The smallest absolute Gasteiger partial charge is 0.202 e. The third kappa shape index (κ3) is 3.48. The molecule has 0 bridgehead atoms. The van der Waals surface area contributed by atoms with Crippen LogP contribution >= 0.6 is 0 Å². The third-order valence-electron chi connectivity index (χ3n) is 3.94. The minimum Gasteiger partial charge on any atom is -0.452 e. The molecule has 0 N–H and O–H groups in total. The van der Waals surface area contributed by atoms with Gasteiger partial charge in [-0.25, -0.2) is 0 Å². The Labute approximate surface area is 132 Å². The molecule has 1 aliphatic rings. The highest BCUT2D eigenvalue weighted by Crippen LogP contribution is 2.31. The van der Waals surface area contributed by atoms with Gasteiger partial charge in [0, 0.05) is 26.2 Å². The first kappa shape index (κ1) is 16.1. The molecular formula is C18H22N2O2. The highest BCUT2D eigenvalue weighted by atomic mass is 16.5. The van der Waals surface area contributed by atoms with Crippen molar-refractivity contribution in [3.05, 3.63) is 40.8 Å². The van der Waals surface area contributed by atoms with Gasteiger partial charge in [-0.05, 0) is 49.9 Å². The minimum atomic E-state index is 0.0691. The first-order chi connectivity index (χ1) is 10.4. The molecule has 0 radical (unpaired) electrons. The Morgan fingerprint density at radius 3 is 2.32 bits per heavy atom. The summed E-state index contributed by atoms with van der Waals surface area (Å²) in [4.78, 5) is 14.3. The molecule has 1 aromatic carbocycles. The van der Waals surface area contributed by atoms with Crippen LogP contribution in [0.25, 0.3) is 0 Å². The number of hydrogen-bond donors (Lipinski definition) is 0. The van der Waals surface area contributed by atoms with Crippen LogP contribution in [-0.4, -0.2) is 24.8 Å². The summed E-state index contributed by atoms with van der Waals surface area (Å²) in [6, 6.07) is 5.81. The van der Waals surface area contributed by atoms with Gasteiger partial charge in [-0.3, -0.25) is 4.79 Å². The molecule has 0 amide bonds. The van der Waals surface area contributed by atoms with Crippen LogP contribution in [0.15, 0.2) is 24.1 Å². The number of carbonyl (C=O) groups is 1. The molecule has 0 aliphatic heterocycles. The molecule has 1 aromatic rings. The van der Waals surface area contributed by atoms with Crippen LogP contribution in [0, 0.1) is 31.1 Å². The summed E-state index contributed by atoms with van der Waals surface area (Å²) in [5, 5.41) is 9.13. The summed E-state index contributed by atoms with van der Waals surface area (Å²) in [6.07, 6.45) is 4.72. The lowest BCUT2D eigenvalue weighted by Crippen LogP contribution is -2.26. The Morgan fingerprint density at radius 1 is 1.32 bits per heavy atom. The Kier molecular flexibility index (Phi) is 4.87. The van der Waals surface area contributed by atoms with Gasteiger partial charge in [0.1, 0.15) is 5.75 Å². The summed E-state index contributed by atoms with van der Waals surface area (Å²) in [5.41, 5.74) is 2.38. The number of Topliss-reactive ketones (excluding diaryl/α,β-unsaturated/α-hetero) is 1. The third-order valence-corrected chi connectivity index (χ3v) is 3.94. The Hall–Kier alpha value is -2.28. The average molecular weight is 298 g/mol. The van der Waals surface area contributed by atoms with Gasteiger partial charge in [0.15, 0.2) is 5.76 Å². The summed E-state index contributed by atoms with van der Waals surface area (Å²) in [7, 11) is 3.74. The van der Waals surface area contributed by atoms with Gasteiger partial charge < -0.3 is 9.64 Å². The first-order valence-corrected chi connectivity index (χ1v) is 7.54. The van der Waals surface area contributed by atoms with Crippen molar-refractivity contribution in [3.8, 4) is 11.8 Å². The fraction of sp³-hybridized carbons (Fsp3) is 0.444. The monoisotopic (exact) mass is 298 g/mol. The SMILES string of the molecule is Cc1cc(O/C(=C/N(C)C)C(=O)C2CCC2)cc(C)c1C#N. The van der Waals surface area contributed by atoms with Gasteiger partial charge in [-0.2, -0.15) is 5.26 Å². The van der Waals surface area contributed by atoms with E-state index < -0.39 is 0 Å². The fourth-order valence-electron chi connectivity index (χ4n) is 2.53. The normalized spacial score (nSPS) is 15.0. The molecular weight excluding hydrogens is 276 g/mol. The molecule has 0 aromatic heterocycles. The predicted molar refractivity (Wildman–Crippen MR) is 85.4 cm³/mol. The van der Waals surface area contributed by atoms with E-state index in [4.69, 9.17) is 10.00 Å². The van der Waals surface area contributed by atoms with E-state index in [1.54, 1.807) is 6.20 Å². The summed E-state index contributed by atoms with van der Waals surface area (Å²) in [6.45, 7) is 3.75. The van der Waals surface area contributed by atoms with Crippen LogP contribution in [0.1, 0.15) is 36.0 Å². The van der Waals surface area contributed by atoms with E-state index in [9.17, 15) is 4.79 Å². The molecule has 2 rings (SSSR count). The van der Waals surface area contributed by atoms with Crippen molar-refractivity contribution < 1.29 is 9.53 Å². The van der Waals surface area contributed by atoms with Gasteiger partial charge >= 0.3 is 0 Å². The second kappa shape index (κ2) is 6.65. The van der Waals surface area contributed by atoms with Crippen LogP contribution in [-0.2, 0) is 4.79 Å². The number of nitrogens with zero attached hydrogens (tertiary/aromatic N) is 2. The van der Waals surface area contributed by atoms with E-state index in [1.807, 2.05) is 45.0 Å². The molecule has 4 nitrogen and oxygen atoms in total. The number of ether oxygens (including phenoxy) is 1. The second-order valence-corrected chi connectivity index (χ2v) is 6.09.